The summed E-state index contributed by atoms with van der Waals surface area (Å²) in [6.07, 6.45) is 0.625. The maximum absolute atomic E-state index is 13.1. The number of fused-ring (bicyclic) bond motifs is 2. The van der Waals surface area contributed by atoms with Gasteiger partial charge in [-0.25, -0.2) is 0 Å². The molecule has 3 atom stereocenters. The number of hydrogen-bond donors (Lipinski definition) is 1. The smallest absolute Gasteiger partial charge is 0.225 e. The van der Waals surface area contributed by atoms with Gasteiger partial charge >= 0.3 is 0 Å². The molecule has 0 saturated carbocycles. The number of anilines is 1. The van der Waals surface area contributed by atoms with Gasteiger partial charge in [-0.1, -0.05) is 18.2 Å². The first-order valence-corrected chi connectivity index (χ1v) is 8.87. The van der Waals surface area contributed by atoms with Gasteiger partial charge in [-0.05, 0) is 25.5 Å². The van der Waals surface area contributed by atoms with Crippen molar-refractivity contribution in [3.05, 3.63) is 29.8 Å². The Morgan fingerprint density at radius 2 is 2.12 bits per heavy atom. The normalized spacial score (nSPS) is 30.4. The molecule has 3 aliphatic heterocycles. The Morgan fingerprint density at radius 3 is 2.96 bits per heavy atom. The molecule has 3 heterocycles. The molecule has 4 rings (SSSR count). The topological polar surface area (TPSA) is 67.9 Å². The number of nitrogens with zero attached hydrogens (tertiary/aromatic N) is 1. The molecule has 1 unspecified atom stereocenters. The van der Waals surface area contributed by atoms with Gasteiger partial charge in [-0.15, -0.1) is 0 Å². The Balaban J connectivity index is 1.54. The number of morpholine rings is 1. The molecular formula is C19H24N2O4. The lowest BCUT2D eigenvalue weighted by atomic mass is 9.87. The predicted octanol–water partition coefficient (Wildman–Crippen LogP) is 1.91. The van der Waals surface area contributed by atoms with Gasteiger partial charge in [-0.2, -0.15) is 0 Å². The van der Waals surface area contributed by atoms with Crippen LogP contribution >= 0.6 is 0 Å². The highest BCUT2D eigenvalue weighted by Crippen LogP contribution is 2.36. The molecule has 0 radical (unpaired) electrons. The van der Waals surface area contributed by atoms with Crippen molar-refractivity contribution in [2.24, 2.45) is 0 Å². The molecule has 1 aromatic rings. The van der Waals surface area contributed by atoms with Crippen LogP contribution in [0.15, 0.2) is 24.3 Å². The first kappa shape index (κ1) is 16.5. The third-order valence-electron chi connectivity index (χ3n) is 5.27. The van der Waals surface area contributed by atoms with Gasteiger partial charge in [0, 0.05) is 31.0 Å². The van der Waals surface area contributed by atoms with E-state index in [0.717, 1.165) is 11.3 Å². The Hall–Kier alpha value is -1.92. The van der Waals surface area contributed by atoms with E-state index in [4.69, 9.17) is 9.47 Å². The number of ether oxygens (including phenoxy) is 2. The second-order valence-corrected chi connectivity index (χ2v) is 7.78. The van der Waals surface area contributed by atoms with E-state index in [1.54, 1.807) is 0 Å². The summed E-state index contributed by atoms with van der Waals surface area (Å²) >= 11 is 0. The van der Waals surface area contributed by atoms with Crippen molar-refractivity contribution in [1.82, 2.24) is 4.90 Å². The van der Waals surface area contributed by atoms with E-state index in [9.17, 15) is 9.59 Å². The number of carbonyl (C=O) groups excluding carboxylic acids is 2. The monoisotopic (exact) mass is 344 g/mol. The zero-order chi connectivity index (χ0) is 17.6. The van der Waals surface area contributed by atoms with Crippen molar-refractivity contribution >= 4 is 17.5 Å². The summed E-state index contributed by atoms with van der Waals surface area (Å²) in [6.45, 7) is 5.62. The lowest BCUT2D eigenvalue weighted by Gasteiger charge is -2.45. The molecule has 25 heavy (non-hydrogen) atoms. The average Bonchev–Trinajstić information content (AvgIpc) is 3.00. The number of amides is 2. The minimum atomic E-state index is -0.383. The molecule has 0 aliphatic carbocycles. The number of nitrogens with one attached hydrogen (secondary N) is 1. The van der Waals surface area contributed by atoms with Crippen LogP contribution in [0.1, 0.15) is 38.2 Å². The van der Waals surface area contributed by atoms with E-state index in [1.807, 2.05) is 43.0 Å². The van der Waals surface area contributed by atoms with Crippen LogP contribution in [-0.2, 0) is 19.1 Å². The van der Waals surface area contributed by atoms with E-state index in [0.29, 0.717) is 32.6 Å². The van der Waals surface area contributed by atoms with Crippen LogP contribution in [0.5, 0.6) is 0 Å². The lowest BCUT2D eigenvalue weighted by molar-refractivity contribution is -0.169. The molecule has 6 nitrogen and oxygen atoms in total. The number of benzene rings is 1. The van der Waals surface area contributed by atoms with Gasteiger partial charge in [0.05, 0.1) is 24.9 Å². The zero-order valence-electron chi connectivity index (χ0n) is 14.7. The van der Waals surface area contributed by atoms with E-state index >= 15 is 0 Å². The van der Waals surface area contributed by atoms with Crippen molar-refractivity contribution in [2.45, 2.75) is 50.4 Å². The Kier molecular flexibility index (Phi) is 4.04. The number of para-hydroxylation sites is 1. The fourth-order valence-corrected chi connectivity index (χ4v) is 4.19. The summed E-state index contributed by atoms with van der Waals surface area (Å²) < 4.78 is 11.6. The summed E-state index contributed by atoms with van der Waals surface area (Å²) in [4.78, 5) is 27.0. The molecule has 2 fully saturated rings. The van der Waals surface area contributed by atoms with Crippen LogP contribution < -0.4 is 5.32 Å². The lowest BCUT2D eigenvalue weighted by Crippen LogP contribution is -2.60. The molecular weight excluding hydrogens is 320 g/mol. The molecule has 0 spiro atoms. The average molecular weight is 344 g/mol. The number of hydrogen-bond acceptors (Lipinski definition) is 4. The highest BCUT2D eigenvalue weighted by molar-refractivity contribution is 5.95. The van der Waals surface area contributed by atoms with Gasteiger partial charge < -0.3 is 19.7 Å². The SMILES string of the molecule is CC1(C)CN(C(=O)CC2CC(=O)Nc3ccccc32)[C@@H]2COC[C@H]2O1. The summed E-state index contributed by atoms with van der Waals surface area (Å²) in [5.41, 5.74) is 1.48. The minimum Gasteiger partial charge on any atom is -0.376 e. The van der Waals surface area contributed by atoms with Crippen LogP contribution in [0.25, 0.3) is 0 Å². The van der Waals surface area contributed by atoms with Crippen molar-refractivity contribution in [3.8, 4) is 0 Å². The molecule has 2 amide bonds. The van der Waals surface area contributed by atoms with Crippen molar-refractivity contribution in [3.63, 3.8) is 0 Å². The van der Waals surface area contributed by atoms with Crippen molar-refractivity contribution < 1.29 is 19.1 Å². The summed E-state index contributed by atoms with van der Waals surface area (Å²) in [5, 5.41) is 2.89. The minimum absolute atomic E-state index is 0.0202. The maximum atomic E-state index is 13.1. The Labute approximate surface area is 147 Å². The van der Waals surface area contributed by atoms with Crippen LogP contribution in [-0.4, -0.2) is 54.2 Å². The van der Waals surface area contributed by atoms with Gasteiger partial charge in [0.1, 0.15) is 6.10 Å². The third-order valence-corrected chi connectivity index (χ3v) is 5.27. The second-order valence-electron chi connectivity index (χ2n) is 7.78. The zero-order valence-corrected chi connectivity index (χ0v) is 14.7. The molecule has 0 bridgehead atoms. The number of carbonyl (C=O) groups is 2. The quantitative estimate of drug-likeness (QED) is 0.890. The van der Waals surface area contributed by atoms with Crippen molar-refractivity contribution in [2.75, 3.05) is 25.1 Å². The molecule has 3 aliphatic rings. The Bertz CT molecular complexity index is 702. The number of rotatable bonds is 2. The van der Waals surface area contributed by atoms with Crippen LogP contribution in [0.3, 0.4) is 0 Å². The molecule has 6 heteroatoms. The standard InChI is InChI=1S/C19H24N2O4/c1-19(2)11-21(15-9-24-10-16(15)25-19)18(23)8-12-7-17(22)20-14-6-4-3-5-13(12)14/h3-6,12,15-16H,7-11H2,1-2H3,(H,20,22)/t12?,15-,16-/m1/s1. The highest BCUT2D eigenvalue weighted by Gasteiger charge is 2.46. The van der Waals surface area contributed by atoms with Crippen LogP contribution in [0, 0.1) is 0 Å². The van der Waals surface area contributed by atoms with Crippen LogP contribution in [0.4, 0.5) is 5.69 Å². The summed E-state index contributed by atoms with van der Waals surface area (Å²) in [6, 6.07) is 7.72. The summed E-state index contributed by atoms with van der Waals surface area (Å²) in [5.74, 6) is -0.0311. The van der Waals surface area contributed by atoms with Gasteiger partial charge in [0.15, 0.2) is 0 Å². The van der Waals surface area contributed by atoms with Crippen molar-refractivity contribution in [1.29, 1.82) is 0 Å². The maximum Gasteiger partial charge on any atom is 0.225 e. The van der Waals surface area contributed by atoms with Gasteiger partial charge in [0.25, 0.3) is 0 Å². The van der Waals surface area contributed by atoms with E-state index in [1.165, 1.54) is 0 Å². The molecule has 1 N–H and O–H groups in total. The first-order valence-electron chi connectivity index (χ1n) is 8.87. The van der Waals surface area contributed by atoms with E-state index < -0.39 is 0 Å². The molecule has 0 aromatic heterocycles. The first-order chi connectivity index (χ1) is 11.9. The van der Waals surface area contributed by atoms with Gasteiger partial charge in [0.2, 0.25) is 11.8 Å². The third kappa shape index (κ3) is 3.16. The fourth-order valence-electron chi connectivity index (χ4n) is 4.19. The fraction of sp³-hybridized carbons (Fsp3) is 0.579. The Morgan fingerprint density at radius 1 is 1.32 bits per heavy atom. The largest absolute Gasteiger partial charge is 0.376 e. The highest BCUT2D eigenvalue weighted by atomic mass is 16.6. The molecule has 2 saturated heterocycles. The second kappa shape index (κ2) is 6.11. The van der Waals surface area contributed by atoms with Crippen LogP contribution in [0.2, 0.25) is 0 Å². The van der Waals surface area contributed by atoms with Gasteiger partial charge in [-0.3, -0.25) is 9.59 Å². The molecule has 1 aromatic carbocycles. The predicted molar refractivity (Wildman–Crippen MR) is 92.3 cm³/mol. The van der Waals surface area contributed by atoms with E-state index in [2.05, 4.69) is 5.32 Å². The summed E-state index contributed by atoms with van der Waals surface area (Å²) in [7, 11) is 0. The molecule has 134 valence electrons. The van der Waals surface area contributed by atoms with E-state index in [-0.39, 0.29) is 35.5 Å².